The van der Waals surface area contributed by atoms with E-state index in [2.05, 4.69) is 159 Å². The van der Waals surface area contributed by atoms with Crippen molar-refractivity contribution in [2.75, 3.05) is 0 Å². The van der Waals surface area contributed by atoms with E-state index in [-0.39, 0.29) is 10.8 Å². The molecule has 0 aliphatic rings. The zero-order chi connectivity index (χ0) is 33.4. The molecule has 0 N–H and O–H groups in total. The van der Waals surface area contributed by atoms with Gasteiger partial charge in [-0.15, -0.1) is 0 Å². The topological polar surface area (TPSA) is 46.5 Å². The summed E-state index contributed by atoms with van der Waals surface area (Å²) in [5, 5.41) is 15.5. The zero-order valence-electron chi connectivity index (χ0n) is 28.3. The number of rotatable bonds is 3. The summed E-state index contributed by atoms with van der Waals surface area (Å²) >= 11 is 0. The highest BCUT2D eigenvalue weighted by Crippen LogP contribution is 2.42. The molecule has 0 spiro atoms. The molecule has 0 amide bonds. The number of para-hydroxylation sites is 2. The Morgan fingerprint density at radius 3 is 1.46 bits per heavy atom. The lowest BCUT2D eigenvalue weighted by Gasteiger charge is -2.21. The first kappa shape index (κ1) is 29.7. The first-order chi connectivity index (χ1) is 23.0. The smallest absolute Gasteiger partial charge is 0.0998 e. The molecule has 0 aliphatic carbocycles. The number of hydrogen-bond acceptors (Lipinski definition) is 2. The third-order valence-electron chi connectivity index (χ3n) is 9.79. The Kier molecular flexibility index (Phi) is 6.62. The quantitative estimate of drug-likeness (QED) is 0.197. The SMILES string of the molecule is CC(C)(C)c1ccc2c(c1)c1ccccc1n2-c1cc(C#N)c(-c2ccncc2)cc1-n1c2ccccc2c2cc(C(C)(C)C)ccc21. The Hall–Kier alpha value is -5.66. The minimum atomic E-state index is 0.0115. The van der Waals surface area contributed by atoms with Gasteiger partial charge in [0.1, 0.15) is 0 Å². The molecule has 5 aromatic carbocycles. The molecule has 3 aromatic heterocycles. The molecular weight excluding hydrogens is 585 g/mol. The molecule has 0 saturated heterocycles. The molecule has 0 aliphatic heterocycles. The van der Waals surface area contributed by atoms with Crippen LogP contribution < -0.4 is 0 Å². The van der Waals surface area contributed by atoms with Gasteiger partial charge in [0.05, 0.1) is 45.1 Å². The van der Waals surface area contributed by atoms with Gasteiger partial charge in [0.15, 0.2) is 0 Å². The third-order valence-corrected chi connectivity index (χ3v) is 9.79. The van der Waals surface area contributed by atoms with Crippen LogP contribution in [0.2, 0.25) is 0 Å². The fraction of sp³-hybridized carbons (Fsp3) is 0.182. The maximum absolute atomic E-state index is 10.6. The highest BCUT2D eigenvalue weighted by atomic mass is 15.1. The summed E-state index contributed by atoms with van der Waals surface area (Å²) in [6.45, 7) is 13.6. The fourth-order valence-electron chi connectivity index (χ4n) is 7.20. The van der Waals surface area contributed by atoms with Gasteiger partial charge in [0, 0.05) is 39.5 Å². The first-order valence-electron chi connectivity index (χ1n) is 16.6. The van der Waals surface area contributed by atoms with Crippen LogP contribution in [0.3, 0.4) is 0 Å². The average molecular weight is 623 g/mol. The summed E-state index contributed by atoms with van der Waals surface area (Å²) in [7, 11) is 0. The molecule has 3 heterocycles. The molecule has 0 atom stereocenters. The molecule has 4 heteroatoms. The number of pyridine rings is 1. The number of fused-ring (bicyclic) bond motifs is 6. The normalized spacial score (nSPS) is 12.4. The number of nitrogens with zero attached hydrogens (tertiary/aromatic N) is 4. The summed E-state index contributed by atoms with van der Waals surface area (Å²) in [5.41, 5.74) is 11.5. The van der Waals surface area contributed by atoms with Crippen LogP contribution in [-0.2, 0) is 10.8 Å². The van der Waals surface area contributed by atoms with Crippen LogP contribution in [-0.4, -0.2) is 14.1 Å². The van der Waals surface area contributed by atoms with E-state index in [9.17, 15) is 5.26 Å². The van der Waals surface area contributed by atoms with E-state index in [0.717, 1.165) is 44.6 Å². The van der Waals surface area contributed by atoms with Gasteiger partial charge in [-0.25, -0.2) is 0 Å². The van der Waals surface area contributed by atoms with Gasteiger partial charge >= 0.3 is 0 Å². The fourth-order valence-corrected chi connectivity index (χ4v) is 7.20. The monoisotopic (exact) mass is 622 g/mol. The van der Waals surface area contributed by atoms with Crippen LogP contribution in [0, 0.1) is 11.3 Å². The molecule has 48 heavy (non-hydrogen) atoms. The van der Waals surface area contributed by atoms with Crippen LogP contribution in [0.5, 0.6) is 0 Å². The predicted octanol–water partition coefficient (Wildman–Crippen LogP) is 11.4. The maximum atomic E-state index is 10.6. The van der Waals surface area contributed by atoms with Crippen molar-refractivity contribution < 1.29 is 0 Å². The van der Waals surface area contributed by atoms with E-state index in [1.165, 1.54) is 32.7 Å². The Labute approximate surface area is 281 Å². The molecule has 0 fully saturated rings. The minimum absolute atomic E-state index is 0.0115. The molecule has 8 rings (SSSR count). The van der Waals surface area contributed by atoms with Gasteiger partial charge in [0.2, 0.25) is 0 Å². The second-order valence-electron chi connectivity index (χ2n) is 14.9. The largest absolute Gasteiger partial charge is 0.307 e. The van der Waals surface area contributed by atoms with Gasteiger partial charge in [-0.1, -0.05) is 90.1 Å². The van der Waals surface area contributed by atoms with Gasteiger partial charge < -0.3 is 9.13 Å². The van der Waals surface area contributed by atoms with Crippen molar-refractivity contribution in [2.45, 2.75) is 52.4 Å². The lowest BCUT2D eigenvalue weighted by molar-refractivity contribution is 0.591. The molecule has 4 nitrogen and oxygen atoms in total. The number of aromatic nitrogens is 3. The summed E-state index contributed by atoms with van der Waals surface area (Å²) in [5.74, 6) is 0. The summed E-state index contributed by atoms with van der Waals surface area (Å²) in [6, 6.07) is 41.8. The van der Waals surface area contributed by atoms with Crippen LogP contribution >= 0.6 is 0 Å². The van der Waals surface area contributed by atoms with Crippen molar-refractivity contribution in [2.24, 2.45) is 0 Å². The van der Waals surface area contributed by atoms with Crippen molar-refractivity contribution in [1.82, 2.24) is 14.1 Å². The number of hydrogen-bond donors (Lipinski definition) is 0. The second-order valence-corrected chi connectivity index (χ2v) is 14.9. The predicted molar refractivity (Wildman–Crippen MR) is 200 cm³/mol. The zero-order valence-corrected chi connectivity index (χ0v) is 28.3. The van der Waals surface area contributed by atoms with E-state index in [1.807, 2.05) is 12.1 Å². The van der Waals surface area contributed by atoms with E-state index >= 15 is 0 Å². The van der Waals surface area contributed by atoms with Crippen LogP contribution in [0.15, 0.2) is 122 Å². The Morgan fingerprint density at radius 1 is 0.521 bits per heavy atom. The first-order valence-corrected chi connectivity index (χ1v) is 16.6. The molecular formula is C44H38N4. The Balaban J connectivity index is 1.55. The molecule has 0 unspecified atom stereocenters. The summed E-state index contributed by atoms with van der Waals surface area (Å²) < 4.78 is 4.75. The summed E-state index contributed by atoms with van der Waals surface area (Å²) in [4.78, 5) is 4.27. The standard InChI is InChI=1S/C44H38N4/c1-43(2,3)30-15-17-39-35(24-30)32-11-7-9-13-37(32)47(39)41-23-29(27-45)34(28-19-21-46-22-20-28)26-42(41)48-38-14-10-8-12-33(38)36-25-31(44(4,5)6)16-18-40(36)48/h7-26H,1-6H3. The Morgan fingerprint density at radius 2 is 0.979 bits per heavy atom. The van der Waals surface area contributed by atoms with Crippen molar-refractivity contribution >= 4 is 43.6 Å². The van der Waals surface area contributed by atoms with Crippen molar-refractivity contribution in [3.8, 4) is 28.6 Å². The second kappa shape index (κ2) is 10.7. The highest BCUT2D eigenvalue weighted by molar-refractivity contribution is 6.12. The van der Waals surface area contributed by atoms with E-state index in [4.69, 9.17) is 0 Å². The number of benzene rings is 5. The Bertz CT molecular complexity index is 2580. The van der Waals surface area contributed by atoms with Crippen LogP contribution in [0.1, 0.15) is 58.2 Å². The molecule has 234 valence electrons. The number of nitriles is 1. The van der Waals surface area contributed by atoms with Gasteiger partial charge in [-0.05, 0) is 88.2 Å². The molecule has 8 aromatic rings. The van der Waals surface area contributed by atoms with E-state index in [1.54, 1.807) is 12.4 Å². The highest BCUT2D eigenvalue weighted by Gasteiger charge is 2.24. The molecule has 0 bridgehead atoms. The minimum Gasteiger partial charge on any atom is -0.307 e. The lowest BCUT2D eigenvalue weighted by Crippen LogP contribution is -2.11. The molecule has 0 radical (unpaired) electrons. The van der Waals surface area contributed by atoms with Gasteiger partial charge in [0.25, 0.3) is 0 Å². The van der Waals surface area contributed by atoms with E-state index in [0.29, 0.717) is 5.56 Å². The van der Waals surface area contributed by atoms with E-state index < -0.39 is 0 Å². The third kappa shape index (κ3) is 4.61. The van der Waals surface area contributed by atoms with Crippen LogP contribution in [0.4, 0.5) is 0 Å². The van der Waals surface area contributed by atoms with Crippen molar-refractivity contribution in [3.05, 3.63) is 138 Å². The average Bonchev–Trinajstić information content (AvgIpc) is 3.59. The van der Waals surface area contributed by atoms with Crippen molar-refractivity contribution in [3.63, 3.8) is 0 Å². The van der Waals surface area contributed by atoms with Crippen molar-refractivity contribution in [1.29, 1.82) is 5.26 Å². The van der Waals surface area contributed by atoms with Crippen LogP contribution in [0.25, 0.3) is 66.1 Å². The van der Waals surface area contributed by atoms with Gasteiger partial charge in [-0.2, -0.15) is 5.26 Å². The summed E-state index contributed by atoms with van der Waals surface area (Å²) in [6.07, 6.45) is 3.58. The van der Waals surface area contributed by atoms with Gasteiger partial charge in [-0.3, -0.25) is 4.98 Å². The lowest BCUT2D eigenvalue weighted by atomic mass is 9.86. The maximum Gasteiger partial charge on any atom is 0.0998 e. The molecule has 0 saturated carbocycles.